The number of hydrazine groups is 1. The van der Waals surface area contributed by atoms with Gasteiger partial charge < -0.3 is 14.6 Å². The minimum atomic E-state index is -0.342. The molecule has 160 valence electrons. The van der Waals surface area contributed by atoms with Crippen LogP contribution in [-0.4, -0.2) is 35.7 Å². The number of urea groups is 1. The lowest BCUT2D eigenvalue weighted by molar-refractivity contribution is 0.0953. The van der Waals surface area contributed by atoms with Crippen LogP contribution >= 0.6 is 11.8 Å². The fourth-order valence-electron chi connectivity index (χ4n) is 3.50. The highest BCUT2D eigenvalue weighted by Gasteiger charge is 2.25. The lowest BCUT2D eigenvalue weighted by Crippen LogP contribution is -2.44. The van der Waals surface area contributed by atoms with Crippen LogP contribution < -0.4 is 16.6 Å². The molecular weight excluding hydrogens is 412 g/mol. The number of nitrogens with one attached hydrogen (secondary N) is 2. The van der Waals surface area contributed by atoms with Gasteiger partial charge in [0.25, 0.3) is 5.91 Å². The number of carbonyl (C=O) groups is 2. The summed E-state index contributed by atoms with van der Waals surface area (Å²) >= 11 is 1.87. The van der Waals surface area contributed by atoms with Crippen LogP contribution in [0.5, 0.6) is 0 Å². The molecule has 4 N–H and O–H groups in total. The highest BCUT2D eigenvalue weighted by molar-refractivity contribution is 7.99. The Morgan fingerprint density at radius 1 is 1.06 bits per heavy atom. The van der Waals surface area contributed by atoms with E-state index in [1.54, 1.807) is 36.8 Å². The molecule has 1 fully saturated rings. The van der Waals surface area contributed by atoms with Crippen molar-refractivity contribution in [3.8, 4) is 11.1 Å². The van der Waals surface area contributed by atoms with Gasteiger partial charge in [0.05, 0.1) is 12.5 Å². The quantitative estimate of drug-likeness (QED) is 0.323. The van der Waals surface area contributed by atoms with Gasteiger partial charge in [0.2, 0.25) is 0 Å². The Kier molecular flexibility index (Phi) is 6.59. The first-order chi connectivity index (χ1) is 15.1. The van der Waals surface area contributed by atoms with Gasteiger partial charge in [0.15, 0.2) is 0 Å². The summed E-state index contributed by atoms with van der Waals surface area (Å²) in [6.07, 6.45) is 3.40. The van der Waals surface area contributed by atoms with E-state index in [1.165, 1.54) is 5.56 Å². The van der Waals surface area contributed by atoms with Crippen molar-refractivity contribution in [3.63, 3.8) is 0 Å². The highest BCUT2D eigenvalue weighted by Crippen LogP contribution is 2.34. The molecule has 2 aromatic carbocycles. The second-order valence-electron chi connectivity index (χ2n) is 7.27. The molecule has 1 aromatic heterocycles. The van der Waals surface area contributed by atoms with E-state index in [0.29, 0.717) is 18.7 Å². The van der Waals surface area contributed by atoms with Crippen molar-refractivity contribution in [2.24, 2.45) is 5.84 Å². The van der Waals surface area contributed by atoms with Gasteiger partial charge >= 0.3 is 6.03 Å². The highest BCUT2D eigenvalue weighted by atomic mass is 32.2. The zero-order valence-electron chi connectivity index (χ0n) is 16.9. The molecule has 8 heteroatoms. The Hall–Kier alpha value is -3.23. The molecule has 0 aliphatic carbocycles. The van der Waals surface area contributed by atoms with Gasteiger partial charge in [-0.25, -0.2) is 10.6 Å². The summed E-state index contributed by atoms with van der Waals surface area (Å²) in [5.74, 6) is 5.69. The second kappa shape index (κ2) is 9.72. The van der Waals surface area contributed by atoms with E-state index in [0.717, 1.165) is 29.0 Å². The van der Waals surface area contributed by atoms with E-state index in [1.807, 2.05) is 22.7 Å². The molecule has 0 radical (unpaired) electrons. The molecule has 0 spiro atoms. The van der Waals surface area contributed by atoms with Crippen molar-refractivity contribution < 1.29 is 14.0 Å². The smallest absolute Gasteiger partial charge is 0.317 e. The summed E-state index contributed by atoms with van der Waals surface area (Å²) in [6.45, 7) is 1.78. The summed E-state index contributed by atoms with van der Waals surface area (Å²) in [4.78, 5) is 26.1. The van der Waals surface area contributed by atoms with E-state index in [4.69, 9.17) is 10.3 Å². The third-order valence-corrected chi connectivity index (χ3v) is 6.52. The predicted octanol–water partition coefficient (Wildman–Crippen LogP) is 3.55. The summed E-state index contributed by atoms with van der Waals surface area (Å²) in [5.41, 5.74) is 6.88. The van der Waals surface area contributed by atoms with Crippen LogP contribution in [0, 0.1) is 0 Å². The van der Waals surface area contributed by atoms with Gasteiger partial charge in [-0.1, -0.05) is 36.4 Å². The number of thioether (sulfide) groups is 1. The fourth-order valence-corrected chi connectivity index (χ4v) is 4.75. The van der Waals surface area contributed by atoms with Crippen LogP contribution in [0.1, 0.15) is 26.7 Å². The SMILES string of the molecule is NNC(=O)c1ccc(CNC(=O)N2CCSC(c3ccc(-c4ccoc4)cc3)C2)cc1. The van der Waals surface area contributed by atoms with Gasteiger partial charge in [0, 0.05) is 41.8 Å². The largest absolute Gasteiger partial charge is 0.472 e. The Bertz CT molecular complexity index is 1020. The maximum Gasteiger partial charge on any atom is 0.317 e. The van der Waals surface area contributed by atoms with E-state index >= 15 is 0 Å². The third-order valence-electron chi connectivity index (χ3n) is 5.28. The summed E-state index contributed by atoms with van der Waals surface area (Å²) in [6, 6.07) is 17.3. The van der Waals surface area contributed by atoms with Crippen molar-refractivity contribution >= 4 is 23.7 Å². The minimum absolute atomic E-state index is 0.0795. The maximum atomic E-state index is 12.7. The molecule has 3 aromatic rings. The van der Waals surface area contributed by atoms with E-state index in [9.17, 15) is 9.59 Å². The number of furan rings is 1. The van der Waals surface area contributed by atoms with Gasteiger partial charge in [-0.05, 0) is 34.9 Å². The van der Waals surface area contributed by atoms with E-state index in [2.05, 4.69) is 35.0 Å². The molecule has 1 atom stereocenters. The number of nitrogens with zero attached hydrogens (tertiary/aromatic N) is 1. The molecular formula is C23H24N4O3S. The lowest BCUT2D eigenvalue weighted by Gasteiger charge is -2.32. The number of rotatable bonds is 5. The second-order valence-corrected chi connectivity index (χ2v) is 8.58. The van der Waals surface area contributed by atoms with Gasteiger partial charge in [-0.15, -0.1) is 0 Å². The molecule has 0 bridgehead atoms. The molecule has 2 heterocycles. The number of nitrogen functional groups attached to an aromatic ring is 1. The van der Waals surface area contributed by atoms with Crippen molar-refractivity contribution in [1.29, 1.82) is 0 Å². The van der Waals surface area contributed by atoms with Crippen molar-refractivity contribution in [2.45, 2.75) is 11.8 Å². The zero-order valence-corrected chi connectivity index (χ0v) is 17.7. The normalized spacial score (nSPS) is 16.0. The van der Waals surface area contributed by atoms with Gasteiger partial charge in [0.1, 0.15) is 0 Å². The van der Waals surface area contributed by atoms with Crippen LogP contribution in [0.3, 0.4) is 0 Å². The standard InChI is InChI=1S/C23H24N4O3S/c24-26-22(28)19-3-1-16(2-4-19)13-25-23(29)27-10-12-31-21(14-27)18-7-5-17(6-8-18)20-9-11-30-15-20/h1-9,11,15,21H,10,12-14,24H2,(H,25,29)(H,26,28). The van der Waals surface area contributed by atoms with Gasteiger partial charge in [-0.3, -0.25) is 10.2 Å². The molecule has 1 aliphatic rings. The predicted molar refractivity (Wildman–Crippen MR) is 121 cm³/mol. The van der Waals surface area contributed by atoms with E-state index in [-0.39, 0.29) is 17.2 Å². The first-order valence-corrected chi connectivity index (χ1v) is 11.1. The van der Waals surface area contributed by atoms with Crippen LogP contribution in [0.4, 0.5) is 4.79 Å². The summed E-state index contributed by atoms with van der Waals surface area (Å²) in [5, 5.41) is 3.22. The maximum absolute atomic E-state index is 12.7. The number of hydrogen-bond donors (Lipinski definition) is 3. The van der Waals surface area contributed by atoms with Crippen LogP contribution in [0.15, 0.2) is 71.5 Å². The van der Waals surface area contributed by atoms with Crippen molar-refractivity contribution in [3.05, 3.63) is 83.8 Å². The number of benzene rings is 2. The average molecular weight is 437 g/mol. The third kappa shape index (κ3) is 5.10. The fraction of sp³-hybridized carbons (Fsp3) is 0.217. The molecule has 1 unspecified atom stereocenters. The minimum Gasteiger partial charge on any atom is -0.472 e. The van der Waals surface area contributed by atoms with Gasteiger partial charge in [-0.2, -0.15) is 11.8 Å². The summed E-state index contributed by atoms with van der Waals surface area (Å²) < 4.78 is 5.15. The average Bonchev–Trinajstić information content (AvgIpc) is 3.37. The molecule has 3 amide bonds. The Morgan fingerprint density at radius 2 is 1.84 bits per heavy atom. The van der Waals surface area contributed by atoms with Crippen molar-refractivity contribution in [1.82, 2.24) is 15.6 Å². The molecule has 1 saturated heterocycles. The monoisotopic (exact) mass is 436 g/mol. The Labute approximate surface area is 185 Å². The number of hydrogen-bond acceptors (Lipinski definition) is 5. The summed E-state index contributed by atoms with van der Waals surface area (Å²) in [7, 11) is 0. The van der Waals surface area contributed by atoms with Crippen LogP contribution in [0.2, 0.25) is 0 Å². The molecule has 31 heavy (non-hydrogen) atoms. The zero-order chi connectivity index (χ0) is 21.6. The lowest BCUT2D eigenvalue weighted by atomic mass is 10.0. The molecule has 0 saturated carbocycles. The number of carbonyl (C=O) groups excluding carboxylic acids is 2. The number of nitrogens with two attached hydrogens (primary N) is 1. The molecule has 1 aliphatic heterocycles. The Morgan fingerprint density at radius 3 is 2.52 bits per heavy atom. The topological polar surface area (TPSA) is 101 Å². The van der Waals surface area contributed by atoms with Crippen LogP contribution in [-0.2, 0) is 6.54 Å². The molecule has 4 rings (SSSR count). The first kappa shape index (κ1) is 21.0. The Balaban J connectivity index is 1.32. The number of amides is 3. The van der Waals surface area contributed by atoms with Crippen molar-refractivity contribution in [2.75, 3.05) is 18.8 Å². The van der Waals surface area contributed by atoms with Crippen LogP contribution in [0.25, 0.3) is 11.1 Å². The van der Waals surface area contributed by atoms with E-state index < -0.39 is 0 Å². The molecule has 7 nitrogen and oxygen atoms in total. The first-order valence-electron chi connectivity index (χ1n) is 10.0.